The van der Waals surface area contributed by atoms with E-state index in [1.807, 2.05) is 36.7 Å². The topological polar surface area (TPSA) is 71.9 Å². The maximum Gasteiger partial charge on any atom is 0.163 e. The first-order valence-corrected chi connectivity index (χ1v) is 13.8. The van der Waals surface area contributed by atoms with E-state index in [9.17, 15) is 9.00 Å². The van der Waals surface area contributed by atoms with Crippen LogP contribution < -0.4 is 4.74 Å². The molecule has 6 nitrogen and oxygen atoms in total. The molecule has 0 N–H and O–H groups in total. The molecule has 174 valence electrons. The first-order valence-electron chi connectivity index (χ1n) is 11.6. The summed E-state index contributed by atoms with van der Waals surface area (Å²) in [6, 6.07) is 14.3. The normalized spacial score (nSPS) is 22.2. The highest BCUT2D eigenvalue weighted by atomic mass is 32.2. The van der Waals surface area contributed by atoms with Crippen LogP contribution in [-0.4, -0.2) is 44.8 Å². The molecule has 3 heterocycles. The van der Waals surface area contributed by atoms with Gasteiger partial charge < -0.3 is 9.64 Å². The molecule has 4 atom stereocenters. The maximum absolute atomic E-state index is 13.3. The Morgan fingerprint density at radius 1 is 1.18 bits per heavy atom. The van der Waals surface area contributed by atoms with Crippen molar-refractivity contribution in [1.29, 1.82) is 0 Å². The van der Waals surface area contributed by atoms with Crippen LogP contribution in [0.1, 0.15) is 51.7 Å². The number of nitrogens with zero attached hydrogens (tertiary/aromatic N) is 3. The lowest BCUT2D eigenvalue weighted by atomic mass is 9.87. The molecule has 0 spiro atoms. The third-order valence-electron chi connectivity index (χ3n) is 6.73. The van der Waals surface area contributed by atoms with E-state index in [0.29, 0.717) is 35.8 Å². The van der Waals surface area contributed by atoms with Crippen LogP contribution in [0.25, 0.3) is 0 Å². The number of ether oxygens (including phenoxy) is 1. The van der Waals surface area contributed by atoms with Crippen LogP contribution in [0.5, 0.6) is 5.75 Å². The van der Waals surface area contributed by atoms with Crippen molar-refractivity contribution in [2.75, 3.05) is 6.54 Å². The number of hydrogen-bond acceptors (Lipinski definition) is 7. The van der Waals surface area contributed by atoms with Crippen molar-refractivity contribution in [3.05, 3.63) is 75.6 Å². The Balaban J connectivity index is 1.35. The summed E-state index contributed by atoms with van der Waals surface area (Å²) in [7, 11) is -1.34. The Kier molecular flexibility index (Phi) is 5.79. The van der Waals surface area contributed by atoms with E-state index in [0.717, 1.165) is 40.8 Å². The van der Waals surface area contributed by atoms with Crippen LogP contribution in [0.2, 0.25) is 0 Å². The molecular weight excluding hydrogens is 466 g/mol. The van der Waals surface area contributed by atoms with Gasteiger partial charge in [-0.05, 0) is 60.5 Å². The fraction of sp³-hybridized carbons (Fsp3) is 0.346. The number of rotatable bonds is 8. The number of hydrogen-bond donors (Lipinski definition) is 0. The Morgan fingerprint density at radius 3 is 2.85 bits per heavy atom. The number of pyridine rings is 1. The summed E-state index contributed by atoms with van der Waals surface area (Å²) in [6.07, 6.45) is 6.70. The standard InChI is InChI=1S/C26H25N3O3S2/c30-22-6-3-5-17-18(22)9-10-23(19(17)15-34(31)26-8-1-2-11-27-26)32-24(25-7-4-12-33-25)14-29-16-28-20-13-21(20)29/h1-2,4,7-12,16,20-21,24H,3,5-6,13-15H2. The number of carbonyl (C=O) groups is 1. The van der Waals surface area contributed by atoms with Crippen LogP contribution in [0.3, 0.4) is 0 Å². The van der Waals surface area contributed by atoms with Gasteiger partial charge >= 0.3 is 0 Å². The molecule has 1 aromatic carbocycles. The highest BCUT2D eigenvalue weighted by Gasteiger charge is 2.45. The lowest BCUT2D eigenvalue weighted by Crippen LogP contribution is -2.30. The minimum absolute atomic E-state index is 0.153. The second-order valence-electron chi connectivity index (χ2n) is 8.96. The number of benzene rings is 1. The van der Waals surface area contributed by atoms with Gasteiger partial charge in [0.15, 0.2) is 11.9 Å². The Bertz CT molecular complexity index is 1260. The number of aliphatic imine (C=N–C) groups is 1. The monoisotopic (exact) mass is 491 g/mol. The molecule has 3 aromatic rings. The average Bonchev–Trinajstić information content (AvgIpc) is 3.24. The van der Waals surface area contributed by atoms with E-state index in [2.05, 4.69) is 26.3 Å². The second-order valence-corrected chi connectivity index (χ2v) is 11.3. The minimum Gasteiger partial charge on any atom is -0.483 e. The van der Waals surface area contributed by atoms with Gasteiger partial charge in [0, 0.05) is 28.6 Å². The molecule has 1 aliphatic heterocycles. The highest BCUT2D eigenvalue weighted by molar-refractivity contribution is 7.84. The van der Waals surface area contributed by atoms with Crippen molar-refractivity contribution < 1.29 is 13.7 Å². The zero-order chi connectivity index (χ0) is 23.1. The van der Waals surface area contributed by atoms with Gasteiger partial charge in [0.05, 0.1) is 41.5 Å². The van der Waals surface area contributed by atoms with E-state index < -0.39 is 10.8 Å². The first-order chi connectivity index (χ1) is 16.7. The van der Waals surface area contributed by atoms with Crippen molar-refractivity contribution in [3.63, 3.8) is 0 Å². The third-order valence-corrected chi connectivity index (χ3v) is 8.95. The van der Waals surface area contributed by atoms with Gasteiger partial charge in [0.1, 0.15) is 10.8 Å². The summed E-state index contributed by atoms with van der Waals surface area (Å²) >= 11 is 1.67. The quantitative estimate of drug-likeness (QED) is 0.461. The zero-order valence-electron chi connectivity index (χ0n) is 18.6. The minimum atomic E-state index is -1.34. The number of fused-ring (bicyclic) bond motifs is 2. The van der Waals surface area contributed by atoms with Gasteiger partial charge in [-0.3, -0.25) is 14.0 Å². The maximum atomic E-state index is 13.3. The van der Waals surface area contributed by atoms with Gasteiger partial charge in [0.2, 0.25) is 0 Å². The van der Waals surface area contributed by atoms with E-state index in [1.165, 1.54) is 0 Å². The van der Waals surface area contributed by atoms with Gasteiger partial charge in [-0.2, -0.15) is 0 Å². The van der Waals surface area contributed by atoms with Crippen molar-refractivity contribution in [2.24, 2.45) is 4.99 Å². The number of ketones is 1. The fourth-order valence-corrected chi connectivity index (χ4v) is 6.74. The number of carbonyl (C=O) groups excluding carboxylic acids is 1. The fourth-order valence-electron chi connectivity index (χ4n) is 4.86. The molecule has 0 amide bonds. The second kappa shape index (κ2) is 9.07. The Morgan fingerprint density at radius 2 is 2.12 bits per heavy atom. The van der Waals surface area contributed by atoms with Gasteiger partial charge in [-0.1, -0.05) is 12.1 Å². The number of thiophene rings is 1. The third kappa shape index (κ3) is 4.20. The van der Waals surface area contributed by atoms with Crippen LogP contribution in [0, 0.1) is 0 Å². The molecule has 1 fully saturated rings. The van der Waals surface area contributed by atoms with Crippen molar-refractivity contribution >= 4 is 34.3 Å². The summed E-state index contributed by atoms with van der Waals surface area (Å²) in [5, 5.41) is 2.60. The summed E-state index contributed by atoms with van der Waals surface area (Å²) in [6.45, 7) is 0.712. The molecule has 3 aliphatic rings. The van der Waals surface area contributed by atoms with Gasteiger partial charge in [-0.25, -0.2) is 4.98 Å². The average molecular weight is 492 g/mol. The number of aromatic nitrogens is 1. The molecular formula is C26H25N3O3S2. The van der Waals surface area contributed by atoms with Crippen molar-refractivity contribution in [1.82, 2.24) is 9.88 Å². The van der Waals surface area contributed by atoms with E-state index in [1.54, 1.807) is 23.6 Å². The molecule has 34 heavy (non-hydrogen) atoms. The molecule has 0 radical (unpaired) electrons. The first kappa shape index (κ1) is 21.7. The molecule has 6 rings (SSSR count). The molecule has 0 saturated heterocycles. The summed E-state index contributed by atoms with van der Waals surface area (Å²) in [4.78, 5) is 24.9. The van der Waals surface area contributed by atoms with Gasteiger partial charge in [0.25, 0.3) is 0 Å². The Labute approximate surface area is 205 Å². The van der Waals surface area contributed by atoms with Crippen molar-refractivity contribution in [2.45, 2.75) is 54.6 Å². The van der Waals surface area contributed by atoms with E-state index >= 15 is 0 Å². The Hall–Kier alpha value is -2.84. The summed E-state index contributed by atoms with van der Waals surface area (Å²) in [5.41, 5.74) is 2.59. The van der Waals surface area contributed by atoms with Crippen LogP contribution in [0.15, 0.2) is 64.1 Å². The molecule has 4 unspecified atom stereocenters. The van der Waals surface area contributed by atoms with Crippen LogP contribution in [-0.2, 0) is 23.0 Å². The van der Waals surface area contributed by atoms with Crippen LogP contribution in [0.4, 0.5) is 0 Å². The predicted molar refractivity (Wildman–Crippen MR) is 133 cm³/mol. The number of Topliss-reactive ketones (excluding diaryl/α,β-unsaturated/α-hetero) is 1. The largest absolute Gasteiger partial charge is 0.483 e. The molecule has 8 heteroatoms. The predicted octanol–water partition coefficient (Wildman–Crippen LogP) is 4.57. The summed E-state index contributed by atoms with van der Waals surface area (Å²) in [5.74, 6) is 1.13. The van der Waals surface area contributed by atoms with Crippen molar-refractivity contribution in [3.8, 4) is 5.75 Å². The van der Waals surface area contributed by atoms with Crippen LogP contribution >= 0.6 is 11.3 Å². The molecule has 1 saturated carbocycles. The lowest BCUT2D eigenvalue weighted by molar-refractivity contribution is 0.0972. The highest BCUT2D eigenvalue weighted by Crippen LogP contribution is 2.39. The molecule has 2 aliphatic carbocycles. The molecule has 2 aromatic heterocycles. The van der Waals surface area contributed by atoms with E-state index in [4.69, 9.17) is 4.74 Å². The zero-order valence-corrected chi connectivity index (χ0v) is 20.3. The summed E-state index contributed by atoms with van der Waals surface area (Å²) < 4.78 is 20.0. The SMILES string of the molecule is O=C1CCCc2c1ccc(OC(CN1C=NC3CC31)c1cccs1)c2CS(=O)c1ccccn1. The van der Waals surface area contributed by atoms with E-state index in [-0.39, 0.29) is 17.6 Å². The molecule has 0 bridgehead atoms. The van der Waals surface area contributed by atoms with Gasteiger partial charge in [-0.15, -0.1) is 11.3 Å². The smallest absolute Gasteiger partial charge is 0.163 e. The lowest BCUT2D eigenvalue weighted by Gasteiger charge is -2.27.